The lowest BCUT2D eigenvalue weighted by Gasteiger charge is -2.42. The van der Waals surface area contributed by atoms with Crippen LogP contribution in [0.3, 0.4) is 0 Å². The van der Waals surface area contributed by atoms with Gasteiger partial charge in [-0.1, -0.05) is 53.9 Å². The molecule has 0 radical (unpaired) electrons. The molecule has 2 fully saturated rings. The molecule has 2 aliphatic rings. The Hall–Kier alpha value is -0.380. The summed E-state index contributed by atoms with van der Waals surface area (Å²) in [5.41, 5.74) is 1.41. The molecule has 0 bridgehead atoms. The van der Waals surface area contributed by atoms with E-state index in [4.69, 9.17) is 0 Å². The summed E-state index contributed by atoms with van der Waals surface area (Å²) in [4.78, 5) is 5.36. The van der Waals surface area contributed by atoms with Crippen LogP contribution in [0, 0.1) is 5.92 Å². The van der Waals surface area contributed by atoms with E-state index >= 15 is 0 Å². The van der Waals surface area contributed by atoms with E-state index in [2.05, 4.69) is 56.9 Å². The Kier molecular flexibility index (Phi) is 5.36. The Balaban J connectivity index is 1.50. The van der Waals surface area contributed by atoms with Gasteiger partial charge in [-0.05, 0) is 30.4 Å². The molecule has 2 nitrogen and oxygen atoms in total. The van der Waals surface area contributed by atoms with Crippen molar-refractivity contribution in [3.63, 3.8) is 0 Å². The van der Waals surface area contributed by atoms with Crippen molar-refractivity contribution in [2.75, 3.05) is 26.2 Å². The lowest BCUT2D eigenvalue weighted by Crippen LogP contribution is -2.50. The first-order valence-corrected chi connectivity index (χ1v) is 9.21. The normalized spacial score (nSPS) is 28.7. The highest BCUT2D eigenvalue weighted by Crippen LogP contribution is 2.28. The zero-order chi connectivity index (χ0) is 14.7. The third-order valence-corrected chi connectivity index (χ3v) is 5.96. The molecular formula is C18H27BrN2. The lowest BCUT2D eigenvalue weighted by molar-refractivity contribution is 0.0658. The fourth-order valence-electron chi connectivity index (χ4n) is 3.89. The number of halogens is 1. The molecule has 0 unspecified atom stereocenters. The summed E-state index contributed by atoms with van der Waals surface area (Å²) in [6, 6.07) is 9.48. The molecule has 21 heavy (non-hydrogen) atoms. The Bertz CT molecular complexity index is 454. The van der Waals surface area contributed by atoms with Crippen LogP contribution in [0.5, 0.6) is 0 Å². The van der Waals surface area contributed by atoms with Gasteiger partial charge in [0.2, 0.25) is 0 Å². The SMILES string of the molecule is C[C@H]1CCC[C@H](N2CCN(Cc3ccccc3Br)CC2)C1. The van der Waals surface area contributed by atoms with Gasteiger partial charge < -0.3 is 0 Å². The molecule has 3 rings (SSSR count). The molecule has 0 aromatic heterocycles. The van der Waals surface area contributed by atoms with Crippen LogP contribution in [-0.4, -0.2) is 42.0 Å². The number of hydrogen-bond acceptors (Lipinski definition) is 2. The van der Waals surface area contributed by atoms with Crippen molar-refractivity contribution in [1.29, 1.82) is 0 Å². The van der Waals surface area contributed by atoms with E-state index < -0.39 is 0 Å². The standard InChI is InChI=1S/C18H27BrN2/c1-15-5-4-7-17(13-15)21-11-9-20(10-12-21)14-16-6-2-3-8-18(16)19/h2-3,6,8,15,17H,4-5,7,9-14H2,1H3/t15-,17-/m0/s1. The van der Waals surface area contributed by atoms with Crippen LogP contribution in [0.4, 0.5) is 0 Å². The van der Waals surface area contributed by atoms with Gasteiger partial charge in [-0.25, -0.2) is 0 Å². The maximum absolute atomic E-state index is 3.67. The average Bonchev–Trinajstić information content (AvgIpc) is 2.50. The molecule has 1 heterocycles. The third kappa shape index (κ3) is 4.08. The highest BCUT2D eigenvalue weighted by Gasteiger charge is 2.27. The van der Waals surface area contributed by atoms with E-state index in [1.807, 2.05) is 0 Å². The second-order valence-electron chi connectivity index (χ2n) is 6.83. The minimum atomic E-state index is 0.861. The van der Waals surface area contributed by atoms with Crippen molar-refractivity contribution >= 4 is 15.9 Å². The summed E-state index contributed by atoms with van der Waals surface area (Å²) in [7, 11) is 0. The van der Waals surface area contributed by atoms with Crippen LogP contribution in [0.15, 0.2) is 28.7 Å². The van der Waals surface area contributed by atoms with Crippen LogP contribution in [-0.2, 0) is 6.54 Å². The summed E-state index contributed by atoms with van der Waals surface area (Å²) in [5, 5.41) is 0. The molecule has 1 saturated heterocycles. The molecule has 1 saturated carbocycles. The third-order valence-electron chi connectivity index (χ3n) is 5.18. The van der Waals surface area contributed by atoms with Crippen molar-refractivity contribution in [1.82, 2.24) is 9.80 Å². The Morgan fingerprint density at radius 2 is 1.86 bits per heavy atom. The van der Waals surface area contributed by atoms with Gasteiger partial charge in [0, 0.05) is 43.2 Å². The van der Waals surface area contributed by atoms with Crippen molar-refractivity contribution in [3.05, 3.63) is 34.3 Å². The summed E-state index contributed by atoms with van der Waals surface area (Å²) in [5.74, 6) is 0.932. The van der Waals surface area contributed by atoms with E-state index in [0.717, 1.165) is 18.5 Å². The summed E-state index contributed by atoms with van der Waals surface area (Å²) in [6.45, 7) is 8.44. The van der Waals surface area contributed by atoms with Crippen molar-refractivity contribution in [2.45, 2.75) is 45.2 Å². The van der Waals surface area contributed by atoms with Gasteiger partial charge in [-0.2, -0.15) is 0 Å². The van der Waals surface area contributed by atoms with Crippen LogP contribution in [0.25, 0.3) is 0 Å². The highest BCUT2D eigenvalue weighted by atomic mass is 79.9. The number of rotatable bonds is 3. The summed E-state index contributed by atoms with van der Waals surface area (Å²) in [6.07, 6.45) is 5.72. The van der Waals surface area contributed by atoms with Crippen molar-refractivity contribution in [3.8, 4) is 0 Å². The molecule has 2 atom stereocenters. The molecule has 1 aromatic rings. The van der Waals surface area contributed by atoms with Gasteiger partial charge >= 0.3 is 0 Å². The van der Waals surface area contributed by atoms with Gasteiger partial charge in [0.15, 0.2) is 0 Å². The molecule has 1 aromatic carbocycles. The van der Waals surface area contributed by atoms with Gasteiger partial charge in [-0.15, -0.1) is 0 Å². The zero-order valence-electron chi connectivity index (χ0n) is 13.1. The highest BCUT2D eigenvalue weighted by molar-refractivity contribution is 9.10. The van der Waals surface area contributed by atoms with Gasteiger partial charge in [0.05, 0.1) is 0 Å². The van der Waals surface area contributed by atoms with E-state index in [1.54, 1.807) is 0 Å². The van der Waals surface area contributed by atoms with Crippen LogP contribution in [0.1, 0.15) is 38.2 Å². The molecular weight excluding hydrogens is 324 g/mol. The number of benzene rings is 1. The van der Waals surface area contributed by atoms with Gasteiger partial charge in [0.1, 0.15) is 0 Å². The van der Waals surface area contributed by atoms with Crippen molar-refractivity contribution < 1.29 is 0 Å². The fourth-order valence-corrected chi connectivity index (χ4v) is 4.30. The molecule has 3 heteroatoms. The summed E-state index contributed by atoms with van der Waals surface area (Å²) >= 11 is 3.67. The summed E-state index contributed by atoms with van der Waals surface area (Å²) < 4.78 is 1.24. The average molecular weight is 351 g/mol. The minimum absolute atomic E-state index is 0.861. The molecule has 116 valence electrons. The first-order chi connectivity index (χ1) is 10.2. The quantitative estimate of drug-likeness (QED) is 0.807. The first kappa shape index (κ1) is 15.5. The molecule has 1 aliphatic heterocycles. The van der Waals surface area contributed by atoms with Crippen LogP contribution < -0.4 is 0 Å². The Morgan fingerprint density at radius 3 is 2.57 bits per heavy atom. The number of hydrogen-bond donors (Lipinski definition) is 0. The topological polar surface area (TPSA) is 6.48 Å². The van der Waals surface area contributed by atoms with E-state index in [9.17, 15) is 0 Å². The molecule has 1 aliphatic carbocycles. The second-order valence-corrected chi connectivity index (χ2v) is 7.68. The maximum Gasteiger partial charge on any atom is 0.0246 e. The maximum atomic E-state index is 3.67. The van der Waals surface area contributed by atoms with Gasteiger partial charge in [-0.3, -0.25) is 9.80 Å². The largest absolute Gasteiger partial charge is 0.298 e. The van der Waals surface area contributed by atoms with Crippen molar-refractivity contribution in [2.24, 2.45) is 5.92 Å². The predicted molar refractivity (Wildman–Crippen MR) is 92.4 cm³/mol. The first-order valence-electron chi connectivity index (χ1n) is 8.42. The van der Waals surface area contributed by atoms with Gasteiger partial charge in [0.25, 0.3) is 0 Å². The monoisotopic (exact) mass is 350 g/mol. The number of nitrogens with zero attached hydrogens (tertiary/aromatic N) is 2. The Labute approximate surface area is 137 Å². The van der Waals surface area contributed by atoms with E-state index in [0.29, 0.717) is 0 Å². The lowest BCUT2D eigenvalue weighted by atomic mass is 9.86. The fraction of sp³-hybridized carbons (Fsp3) is 0.667. The zero-order valence-corrected chi connectivity index (χ0v) is 14.7. The second kappa shape index (κ2) is 7.26. The van der Waals surface area contributed by atoms with Crippen LogP contribution >= 0.6 is 15.9 Å². The minimum Gasteiger partial charge on any atom is -0.298 e. The van der Waals surface area contributed by atoms with E-state index in [-0.39, 0.29) is 0 Å². The molecule has 0 N–H and O–H groups in total. The van der Waals surface area contributed by atoms with Crippen LogP contribution in [0.2, 0.25) is 0 Å². The predicted octanol–water partition coefficient (Wildman–Crippen LogP) is 4.15. The number of piperazine rings is 1. The smallest absolute Gasteiger partial charge is 0.0246 e. The van der Waals surface area contributed by atoms with E-state index in [1.165, 1.54) is 61.9 Å². The Morgan fingerprint density at radius 1 is 1.10 bits per heavy atom. The molecule has 0 amide bonds. The molecule has 0 spiro atoms.